The summed E-state index contributed by atoms with van der Waals surface area (Å²) in [5.41, 5.74) is 3.03. The summed E-state index contributed by atoms with van der Waals surface area (Å²) in [5, 5.41) is 12.9. The van der Waals surface area contributed by atoms with Crippen molar-refractivity contribution in [3.63, 3.8) is 0 Å². The van der Waals surface area contributed by atoms with E-state index in [4.69, 9.17) is 4.42 Å². The Morgan fingerprint density at radius 2 is 1.93 bits per heavy atom. The Balaban J connectivity index is 1.26. The van der Waals surface area contributed by atoms with Gasteiger partial charge in [0.1, 0.15) is 0 Å². The summed E-state index contributed by atoms with van der Waals surface area (Å²) in [6, 6.07) is 9.84. The minimum atomic E-state index is -0.0225. The van der Waals surface area contributed by atoms with Crippen molar-refractivity contribution in [1.29, 1.82) is 0 Å². The lowest BCUT2D eigenvalue weighted by Gasteiger charge is -2.34. The summed E-state index contributed by atoms with van der Waals surface area (Å²) in [7, 11) is 0. The normalized spacial score (nSPS) is 19.6. The van der Waals surface area contributed by atoms with E-state index in [1.165, 1.54) is 12.0 Å². The van der Waals surface area contributed by atoms with Gasteiger partial charge in [0, 0.05) is 31.3 Å². The fourth-order valence-electron chi connectivity index (χ4n) is 4.13. The van der Waals surface area contributed by atoms with Crippen LogP contribution in [0.25, 0.3) is 11.5 Å². The van der Waals surface area contributed by atoms with E-state index in [-0.39, 0.29) is 11.6 Å². The Morgan fingerprint density at radius 1 is 1.10 bits per heavy atom. The second-order valence-corrected chi connectivity index (χ2v) is 8.24. The van der Waals surface area contributed by atoms with E-state index < -0.39 is 0 Å². The molecule has 4 heterocycles. The Kier molecular flexibility index (Phi) is 5.08. The van der Waals surface area contributed by atoms with E-state index in [1.807, 2.05) is 30.5 Å². The zero-order valence-electron chi connectivity index (χ0n) is 17.2. The van der Waals surface area contributed by atoms with Crippen LogP contribution in [0, 0.1) is 6.92 Å². The molecule has 2 aliphatic rings. The molecule has 2 saturated heterocycles. The van der Waals surface area contributed by atoms with Crippen molar-refractivity contribution in [2.75, 3.05) is 31.1 Å². The largest absolute Gasteiger partial charge is 0.419 e. The van der Waals surface area contributed by atoms with E-state index in [9.17, 15) is 4.79 Å². The third kappa shape index (κ3) is 3.87. The number of aromatic nitrogens is 4. The van der Waals surface area contributed by atoms with E-state index in [0.29, 0.717) is 18.3 Å². The van der Waals surface area contributed by atoms with Gasteiger partial charge < -0.3 is 9.32 Å². The molecule has 0 saturated carbocycles. The van der Waals surface area contributed by atoms with E-state index in [2.05, 4.69) is 32.0 Å². The van der Waals surface area contributed by atoms with Gasteiger partial charge in [-0.1, -0.05) is 17.7 Å². The number of aryl methyl sites for hydroxylation is 1. The van der Waals surface area contributed by atoms with Gasteiger partial charge in [0.05, 0.1) is 24.5 Å². The molecular weight excluding hydrogens is 380 g/mol. The zero-order chi connectivity index (χ0) is 20.5. The van der Waals surface area contributed by atoms with Crippen molar-refractivity contribution in [3.05, 3.63) is 58.3 Å². The van der Waals surface area contributed by atoms with E-state index in [1.54, 1.807) is 10.7 Å². The lowest BCUT2D eigenvalue weighted by molar-refractivity contribution is 0.148. The lowest BCUT2D eigenvalue weighted by atomic mass is 10.1. The number of rotatable bonds is 5. The molecule has 0 aliphatic carbocycles. The number of nitrogens with zero attached hydrogens (tertiary/aromatic N) is 6. The fraction of sp³-hybridized carbons (Fsp3) is 0.455. The minimum absolute atomic E-state index is 0.0225. The van der Waals surface area contributed by atoms with Crippen LogP contribution in [0.4, 0.5) is 5.69 Å². The smallest absolute Gasteiger partial charge is 0.269 e. The van der Waals surface area contributed by atoms with Crippen molar-refractivity contribution in [2.45, 2.75) is 38.8 Å². The Labute approximate surface area is 175 Å². The summed E-state index contributed by atoms with van der Waals surface area (Å²) in [6.45, 7) is 6.34. The van der Waals surface area contributed by atoms with Crippen LogP contribution >= 0.6 is 0 Å². The van der Waals surface area contributed by atoms with Crippen molar-refractivity contribution in [3.8, 4) is 11.5 Å². The molecule has 1 atom stereocenters. The molecule has 0 N–H and O–H groups in total. The zero-order valence-corrected chi connectivity index (χ0v) is 17.2. The number of likely N-dealkylation sites (tertiary alicyclic amines) is 1. The molecule has 5 rings (SSSR count). The van der Waals surface area contributed by atoms with Gasteiger partial charge in [0.15, 0.2) is 0 Å². The molecule has 0 amide bonds. The fourth-order valence-corrected chi connectivity index (χ4v) is 4.13. The van der Waals surface area contributed by atoms with Crippen LogP contribution in [0.1, 0.15) is 36.8 Å². The summed E-state index contributed by atoms with van der Waals surface area (Å²) in [5.74, 6) is 1.14. The quantitative estimate of drug-likeness (QED) is 0.644. The van der Waals surface area contributed by atoms with E-state index >= 15 is 0 Å². The molecule has 3 aromatic rings. The number of hydrogen-bond donors (Lipinski definition) is 0. The molecule has 0 unspecified atom stereocenters. The predicted molar refractivity (Wildman–Crippen MR) is 113 cm³/mol. The van der Waals surface area contributed by atoms with Crippen molar-refractivity contribution in [1.82, 2.24) is 24.9 Å². The first-order chi connectivity index (χ1) is 14.7. The molecule has 1 aromatic carbocycles. The van der Waals surface area contributed by atoms with Gasteiger partial charge in [0.25, 0.3) is 5.56 Å². The number of hydrogen-bond acceptors (Lipinski definition) is 7. The van der Waals surface area contributed by atoms with E-state index in [0.717, 1.165) is 50.3 Å². The predicted octanol–water partition coefficient (Wildman–Crippen LogP) is 2.65. The topological polar surface area (TPSA) is 80.3 Å². The highest BCUT2D eigenvalue weighted by molar-refractivity contribution is 5.52. The molecule has 8 nitrogen and oxygen atoms in total. The van der Waals surface area contributed by atoms with Crippen molar-refractivity contribution >= 4 is 5.69 Å². The van der Waals surface area contributed by atoms with Crippen LogP contribution in [-0.2, 0) is 6.54 Å². The van der Waals surface area contributed by atoms with Crippen LogP contribution in [0.2, 0.25) is 0 Å². The first-order valence-electron chi connectivity index (χ1n) is 10.6. The number of piperidine rings is 1. The monoisotopic (exact) mass is 406 g/mol. The summed E-state index contributed by atoms with van der Waals surface area (Å²) < 4.78 is 7.52. The van der Waals surface area contributed by atoms with Gasteiger partial charge in [0.2, 0.25) is 11.8 Å². The maximum Gasteiger partial charge on any atom is 0.269 e. The molecule has 0 radical (unpaired) electrons. The minimum Gasteiger partial charge on any atom is -0.419 e. The average molecular weight is 406 g/mol. The third-order valence-corrected chi connectivity index (χ3v) is 5.98. The van der Waals surface area contributed by atoms with Crippen LogP contribution in [0.5, 0.6) is 0 Å². The molecule has 0 bridgehead atoms. The molecular formula is C22H26N6O2. The summed E-state index contributed by atoms with van der Waals surface area (Å²) >= 11 is 0. The van der Waals surface area contributed by atoms with Crippen LogP contribution in [0.15, 0.2) is 45.7 Å². The maximum absolute atomic E-state index is 12.6. The second kappa shape index (κ2) is 8.02. The van der Waals surface area contributed by atoms with Crippen molar-refractivity contribution in [2.24, 2.45) is 0 Å². The van der Waals surface area contributed by atoms with Gasteiger partial charge in [-0.2, -0.15) is 5.10 Å². The maximum atomic E-state index is 12.6. The molecule has 2 aromatic heterocycles. The first-order valence-corrected chi connectivity index (χ1v) is 10.6. The summed E-state index contributed by atoms with van der Waals surface area (Å²) in [6.07, 6.45) is 4.96. The Bertz CT molecular complexity index is 1070. The average Bonchev–Trinajstić information content (AvgIpc) is 3.16. The summed E-state index contributed by atoms with van der Waals surface area (Å²) in [4.78, 5) is 17.1. The van der Waals surface area contributed by atoms with Gasteiger partial charge >= 0.3 is 0 Å². The third-order valence-electron chi connectivity index (χ3n) is 5.98. The highest BCUT2D eigenvalue weighted by Crippen LogP contribution is 2.24. The highest BCUT2D eigenvalue weighted by atomic mass is 16.4. The Hall–Kier alpha value is -3.00. The van der Waals surface area contributed by atoms with Crippen LogP contribution < -0.4 is 10.5 Å². The van der Waals surface area contributed by atoms with Crippen LogP contribution in [0.3, 0.4) is 0 Å². The lowest BCUT2D eigenvalue weighted by Crippen LogP contribution is -2.41. The van der Waals surface area contributed by atoms with Crippen molar-refractivity contribution < 1.29 is 4.42 Å². The molecule has 0 spiro atoms. The molecule has 30 heavy (non-hydrogen) atoms. The van der Waals surface area contributed by atoms with Gasteiger partial charge in [-0.3, -0.25) is 9.69 Å². The highest BCUT2D eigenvalue weighted by Gasteiger charge is 2.25. The molecule has 8 heteroatoms. The van der Waals surface area contributed by atoms with Gasteiger partial charge in [-0.05, 0) is 44.9 Å². The SMILES string of the molecule is Cc1ccc(-c2nnc(CN3CCC[C@H](n4ncc(N5CCC5)cc4=O)C3)o2)cc1. The first kappa shape index (κ1) is 19.0. The van der Waals surface area contributed by atoms with Gasteiger partial charge in [-0.25, -0.2) is 4.68 Å². The Morgan fingerprint density at radius 3 is 2.67 bits per heavy atom. The van der Waals surface area contributed by atoms with Crippen LogP contribution in [-0.4, -0.2) is 51.1 Å². The second-order valence-electron chi connectivity index (χ2n) is 8.24. The standard InChI is InChI=1S/C22H26N6O2/c1-16-5-7-17(8-6-16)22-25-24-20(30-22)15-26-9-2-4-18(14-26)28-21(29)12-19(13-23-28)27-10-3-11-27/h5-8,12-13,18H,2-4,9-11,14-15H2,1H3/t18-/m0/s1. The molecule has 2 fully saturated rings. The molecule has 2 aliphatic heterocycles. The number of benzene rings is 1. The molecule has 156 valence electrons. The van der Waals surface area contributed by atoms with Gasteiger partial charge in [-0.15, -0.1) is 10.2 Å². The number of anilines is 1.